The lowest BCUT2D eigenvalue weighted by Gasteiger charge is -2.33. The molecule has 1 aromatic heterocycles. The largest absolute Gasteiger partial charge is 0.354 e. The van der Waals surface area contributed by atoms with E-state index in [1.807, 2.05) is 30.5 Å². The van der Waals surface area contributed by atoms with Crippen LogP contribution < -0.4 is 15.5 Å². The molecule has 0 saturated carbocycles. The number of anilines is 1. The first-order valence-electron chi connectivity index (χ1n) is 9.51. The zero-order chi connectivity index (χ0) is 19.9. The Morgan fingerprint density at radius 2 is 1.57 bits per heavy atom. The highest BCUT2D eigenvalue weighted by Crippen LogP contribution is 2.13. The van der Waals surface area contributed by atoms with E-state index in [9.17, 15) is 9.59 Å². The van der Waals surface area contributed by atoms with Gasteiger partial charge in [-0.15, -0.1) is 0 Å². The smallest absolute Gasteiger partial charge is 0.251 e. The Hall–Kier alpha value is -2.93. The molecule has 2 aromatic rings. The third-order valence-corrected chi connectivity index (χ3v) is 4.85. The second-order valence-electron chi connectivity index (χ2n) is 7.10. The summed E-state index contributed by atoms with van der Waals surface area (Å²) < 4.78 is 0. The maximum Gasteiger partial charge on any atom is 0.251 e. The van der Waals surface area contributed by atoms with Crippen LogP contribution in [0.5, 0.6) is 0 Å². The van der Waals surface area contributed by atoms with Gasteiger partial charge in [0.2, 0.25) is 5.91 Å². The van der Waals surface area contributed by atoms with Crippen molar-refractivity contribution in [3.63, 3.8) is 0 Å². The molecule has 1 saturated heterocycles. The van der Waals surface area contributed by atoms with Crippen LogP contribution in [0.25, 0.3) is 0 Å². The van der Waals surface area contributed by atoms with Crippen LogP contribution in [-0.2, 0) is 17.9 Å². The van der Waals surface area contributed by atoms with E-state index in [-0.39, 0.29) is 11.8 Å². The van der Waals surface area contributed by atoms with Crippen molar-refractivity contribution in [3.8, 4) is 0 Å². The van der Waals surface area contributed by atoms with E-state index in [4.69, 9.17) is 0 Å². The van der Waals surface area contributed by atoms with Gasteiger partial charge in [0.25, 0.3) is 5.91 Å². The number of nitrogens with one attached hydrogen (secondary N) is 2. The number of amides is 2. The van der Waals surface area contributed by atoms with E-state index in [1.54, 1.807) is 12.1 Å². The minimum Gasteiger partial charge on any atom is -0.354 e. The highest BCUT2D eigenvalue weighted by Gasteiger charge is 2.15. The van der Waals surface area contributed by atoms with Crippen molar-refractivity contribution < 1.29 is 9.59 Å². The van der Waals surface area contributed by atoms with Crippen molar-refractivity contribution >= 4 is 17.6 Å². The highest BCUT2D eigenvalue weighted by molar-refractivity contribution is 5.94. The van der Waals surface area contributed by atoms with Crippen LogP contribution in [0, 0.1) is 0 Å². The Morgan fingerprint density at radius 1 is 0.929 bits per heavy atom. The molecule has 148 valence electrons. The quantitative estimate of drug-likeness (QED) is 0.791. The topological polar surface area (TPSA) is 77.6 Å². The van der Waals surface area contributed by atoms with Crippen LogP contribution in [0.1, 0.15) is 28.4 Å². The van der Waals surface area contributed by atoms with E-state index in [0.29, 0.717) is 18.7 Å². The molecule has 0 spiro atoms. The molecule has 28 heavy (non-hydrogen) atoms. The minimum atomic E-state index is -0.130. The summed E-state index contributed by atoms with van der Waals surface area (Å²) in [6.45, 7) is 6.43. The SMILES string of the molecule is CC(=O)NCc1ccc(C(=O)NCc2ccc(N3CCN(C)CC3)nc2)cc1. The Labute approximate surface area is 165 Å². The summed E-state index contributed by atoms with van der Waals surface area (Å²) in [5.74, 6) is 0.779. The van der Waals surface area contributed by atoms with Gasteiger partial charge in [0, 0.05) is 58.0 Å². The second-order valence-corrected chi connectivity index (χ2v) is 7.10. The predicted molar refractivity (Wildman–Crippen MR) is 109 cm³/mol. The highest BCUT2D eigenvalue weighted by atomic mass is 16.2. The van der Waals surface area contributed by atoms with Crippen molar-refractivity contribution in [2.45, 2.75) is 20.0 Å². The number of nitrogens with zero attached hydrogens (tertiary/aromatic N) is 3. The van der Waals surface area contributed by atoms with E-state index in [0.717, 1.165) is 43.1 Å². The molecular weight excluding hydrogens is 354 g/mol. The number of aromatic nitrogens is 1. The maximum absolute atomic E-state index is 12.3. The Morgan fingerprint density at radius 3 is 2.18 bits per heavy atom. The molecule has 1 fully saturated rings. The van der Waals surface area contributed by atoms with Gasteiger partial charge < -0.3 is 20.4 Å². The van der Waals surface area contributed by atoms with Crippen molar-refractivity contribution in [1.29, 1.82) is 0 Å². The number of carbonyl (C=O) groups excluding carboxylic acids is 2. The molecule has 0 radical (unpaired) electrons. The predicted octanol–water partition coefficient (Wildman–Crippen LogP) is 1.40. The van der Waals surface area contributed by atoms with Crippen molar-refractivity contribution in [2.75, 3.05) is 38.1 Å². The molecule has 2 amide bonds. The molecule has 7 nitrogen and oxygen atoms in total. The monoisotopic (exact) mass is 381 g/mol. The fourth-order valence-electron chi connectivity index (χ4n) is 3.03. The number of piperazine rings is 1. The first kappa shape index (κ1) is 19.8. The van der Waals surface area contributed by atoms with Crippen LogP contribution in [0.2, 0.25) is 0 Å². The van der Waals surface area contributed by atoms with Gasteiger partial charge in [0.05, 0.1) is 0 Å². The van der Waals surface area contributed by atoms with Gasteiger partial charge in [-0.25, -0.2) is 4.98 Å². The zero-order valence-electron chi connectivity index (χ0n) is 16.4. The molecule has 7 heteroatoms. The fraction of sp³-hybridized carbons (Fsp3) is 0.381. The number of likely N-dealkylation sites (N-methyl/N-ethyl adjacent to an activating group) is 1. The van der Waals surface area contributed by atoms with E-state index < -0.39 is 0 Å². The third kappa shape index (κ3) is 5.53. The normalized spacial score (nSPS) is 14.6. The summed E-state index contributed by atoms with van der Waals surface area (Å²) in [6.07, 6.45) is 1.82. The summed E-state index contributed by atoms with van der Waals surface area (Å²) in [6, 6.07) is 11.2. The van der Waals surface area contributed by atoms with Gasteiger partial charge in [-0.1, -0.05) is 18.2 Å². The Balaban J connectivity index is 1.49. The van der Waals surface area contributed by atoms with Crippen LogP contribution in [0.3, 0.4) is 0 Å². The minimum absolute atomic E-state index is 0.0749. The van der Waals surface area contributed by atoms with Gasteiger partial charge in [-0.05, 0) is 36.4 Å². The molecule has 3 rings (SSSR count). The van der Waals surface area contributed by atoms with Gasteiger partial charge in [-0.3, -0.25) is 9.59 Å². The van der Waals surface area contributed by atoms with Gasteiger partial charge in [-0.2, -0.15) is 0 Å². The molecule has 0 unspecified atom stereocenters. The van der Waals surface area contributed by atoms with E-state index in [1.165, 1.54) is 6.92 Å². The van der Waals surface area contributed by atoms with Crippen molar-refractivity contribution in [1.82, 2.24) is 20.5 Å². The van der Waals surface area contributed by atoms with Crippen LogP contribution >= 0.6 is 0 Å². The molecule has 0 atom stereocenters. The first-order valence-corrected chi connectivity index (χ1v) is 9.51. The van der Waals surface area contributed by atoms with Gasteiger partial charge in [0.15, 0.2) is 0 Å². The van der Waals surface area contributed by atoms with Gasteiger partial charge >= 0.3 is 0 Å². The number of pyridine rings is 1. The number of rotatable bonds is 6. The molecule has 1 aromatic carbocycles. The third-order valence-electron chi connectivity index (χ3n) is 4.85. The summed E-state index contributed by atoms with van der Waals surface area (Å²) in [5.41, 5.74) is 2.51. The average Bonchev–Trinajstić information content (AvgIpc) is 2.72. The average molecular weight is 381 g/mol. The van der Waals surface area contributed by atoms with Crippen molar-refractivity contribution in [2.24, 2.45) is 0 Å². The number of hydrogen-bond acceptors (Lipinski definition) is 5. The summed E-state index contributed by atoms with van der Waals surface area (Å²) in [5, 5.41) is 5.66. The van der Waals surface area contributed by atoms with E-state index in [2.05, 4.69) is 32.5 Å². The molecular formula is C21H27N5O2. The van der Waals surface area contributed by atoms with Crippen LogP contribution in [-0.4, -0.2) is 54.9 Å². The summed E-state index contributed by atoms with van der Waals surface area (Å²) >= 11 is 0. The lowest BCUT2D eigenvalue weighted by Crippen LogP contribution is -2.44. The van der Waals surface area contributed by atoms with Gasteiger partial charge in [0.1, 0.15) is 5.82 Å². The van der Waals surface area contributed by atoms with E-state index >= 15 is 0 Å². The molecule has 0 bridgehead atoms. The molecule has 0 aliphatic carbocycles. The number of benzene rings is 1. The first-order chi connectivity index (χ1) is 13.5. The fourth-order valence-corrected chi connectivity index (χ4v) is 3.03. The molecule has 2 N–H and O–H groups in total. The Kier molecular flexibility index (Phi) is 6.60. The van der Waals surface area contributed by atoms with Crippen LogP contribution in [0.4, 0.5) is 5.82 Å². The molecule has 1 aliphatic heterocycles. The lowest BCUT2D eigenvalue weighted by atomic mass is 10.1. The summed E-state index contributed by atoms with van der Waals surface area (Å²) in [4.78, 5) is 32.4. The number of carbonyl (C=O) groups is 2. The van der Waals surface area contributed by atoms with Crippen LogP contribution in [0.15, 0.2) is 42.6 Å². The second kappa shape index (κ2) is 9.32. The molecule has 2 heterocycles. The van der Waals surface area contributed by atoms with Crippen molar-refractivity contribution in [3.05, 3.63) is 59.3 Å². The lowest BCUT2D eigenvalue weighted by molar-refractivity contribution is -0.119. The zero-order valence-corrected chi connectivity index (χ0v) is 16.4. The molecule has 1 aliphatic rings. The Bertz CT molecular complexity index is 797. The standard InChI is InChI=1S/C21H27N5O2/c1-16(27)22-13-17-3-6-19(7-4-17)21(28)24-15-18-5-8-20(23-14-18)26-11-9-25(2)10-12-26/h3-8,14H,9-13,15H2,1-2H3,(H,22,27)(H,24,28). The summed E-state index contributed by atoms with van der Waals surface area (Å²) in [7, 11) is 2.13. The maximum atomic E-state index is 12.3. The number of hydrogen-bond donors (Lipinski definition) is 2.